The highest BCUT2D eigenvalue weighted by Crippen LogP contribution is 2.24. The van der Waals surface area contributed by atoms with Gasteiger partial charge in [0.2, 0.25) is 17.7 Å². The molecule has 0 aliphatic heterocycles. The van der Waals surface area contributed by atoms with Crippen molar-refractivity contribution in [3.8, 4) is 5.88 Å². The Hall–Kier alpha value is -4.17. The molecule has 0 spiro atoms. The summed E-state index contributed by atoms with van der Waals surface area (Å²) in [6.07, 6.45) is -3.56. The van der Waals surface area contributed by atoms with Crippen LogP contribution in [0.5, 0.6) is 5.88 Å². The molecule has 194 valence electrons. The fraction of sp³-hybridized carbons (Fsp3) is 0.333. The lowest BCUT2D eigenvalue weighted by molar-refractivity contribution is -0.0597. The molecule has 0 saturated carbocycles. The number of aryl methyl sites for hydroxylation is 1. The average Bonchev–Trinajstić information content (AvgIpc) is 2.76. The van der Waals surface area contributed by atoms with Crippen molar-refractivity contribution in [2.24, 2.45) is 21.5 Å². The number of guanidine groups is 1. The quantitative estimate of drug-likeness (QED) is 0.212. The maximum absolute atomic E-state index is 13.6. The van der Waals surface area contributed by atoms with Crippen LogP contribution < -0.4 is 21.5 Å². The fourth-order valence-electron chi connectivity index (χ4n) is 2.41. The number of alkyl halides is 5. The number of amidine groups is 1. The SMILES string of the molecule is C=C(C)C(F)(F)COc1ccc(C(C)NC(=O)c2cc(C)nc(N=C(N)N=C(N)C(F)(F)F)n2)cn1. The summed E-state index contributed by atoms with van der Waals surface area (Å²) in [5.41, 5.74) is 10.4. The van der Waals surface area contributed by atoms with Crippen molar-refractivity contribution in [3.63, 3.8) is 0 Å². The number of amides is 1. The number of nitrogens with two attached hydrogens (primary N) is 2. The molecule has 1 unspecified atom stereocenters. The number of aliphatic imine (C=N–C) groups is 2. The third-order valence-electron chi connectivity index (χ3n) is 4.45. The first-order valence-electron chi connectivity index (χ1n) is 10.1. The van der Waals surface area contributed by atoms with Gasteiger partial charge in [0.25, 0.3) is 11.9 Å². The number of hydrogen-bond donors (Lipinski definition) is 3. The lowest BCUT2D eigenvalue weighted by atomic mass is 10.1. The Bertz CT molecular complexity index is 1180. The maximum atomic E-state index is 13.6. The van der Waals surface area contributed by atoms with E-state index in [-0.39, 0.29) is 22.8 Å². The van der Waals surface area contributed by atoms with Crippen molar-refractivity contribution < 1.29 is 31.5 Å². The zero-order chi connectivity index (χ0) is 27.3. The van der Waals surface area contributed by atoms with E-state index >= 15 is 0 Å². The Morgan fingerprint density at radius 2 is 1.89 bits per heavy atom. The predicted octanol–water partition coefficient (Wildman–Crippen LogP) is 3.13. The van der Waals surface area contributed by atoms with Gasteiger partial charge in [-0.3, -0.25) is 4.79 Å². The van der Waals surface area contributed by atoms with Crippen LogP contribution in [0.1, 0.15) is 41.6 Å². The van der Waals surface area contributed by atoms with Crippen LogP contribution in [0.2, 0.25) is 0 Å². The molecule has 0 radical (unpaired) electrons. The first-order valence-corrected chi connectivity index (χ1v) is 10.1. The van der Waals surface area contributed by atoms with Crippen LogP contribution in [-0.4, -0.2) is 51.4 Å². The predicted molar refractivity (Wildman–Crippen MR) is 121 cm³/mol. The molecule has 1 atom stereocenters. The smallest absolute Gasteiger partial charge is 0.449 e. The largest absolute Gasteiger partial charge is 0.471 e. The van der Waals surface area contributed by atoms with Gasteiger partial charge in [-0.1, -0.05) is 12.6 Å². The van der Waals surface area contributed by atoms with Crippen LogP contribution in [0.4, 0.5) is 27.9 Å². The number of nitrogens with one attached hydrogen (secondary N) is 1. The van der Waals surface area contributed by atoms with E-state index in [1.165, 1.54) is 38.2 Å². The summed E-state index contributed by atoms with van der Waals surface area (Å²) in [4.78, 5) is 30.8. The number of rotatable bonds is 8. The lowest BCUT2D eigenvalue weighted by Gasteiger charge is -2.17. The number of pyridine rings is 1. The topological polar surface area (TPSA) is 154 Å². The molecule has 15 heteroatoms. The second-order valence-electron chi connectivity index (χ2n) is 7.56. The van der Waals surface area contributed by atoms with Gasteiger partial charge in [-0.05, 0) is 38.0 Å². The van der Waals surface area contributed by atoms with Crippen LogP contribution >= 0.6 is 0 Å². The molecular formula is C21H23F5N8O2. The summed E-state index contributed by atoms with van der Waals surface area (Å²) < 4.78 is 69.6. The standard InChI is InChI=1S/C21H23F5N8O2/c1-10(2)20(22,23)9-36-15-6-5-13(8-29-15)12(4)31-16(35)14-7-11(3)30-19(32-14)34-18(28)33-17(27)21(24,25)26/h5-8,12H,1,9H2,2-4H3,(H,31,35)(H4,27,28,30,32,33,34). The summed E-state index contributed by atoms with van der Waals surface area (Å²) in [6.45, 7) is 6.61. The molecule has 0 aliphatic rings. The van der Waals surface area contributed by atoms with E-state index in [0.717, 1.165) is 0 Å². The molecule has 0 bridgehead atoms. The van der Waals surface area contributed by atoms with Crippen molar-refractivity contribution in [1.29, 1.82) is 0 Å². The van der Waals surface area contributed by atoms with Gasteiger partial charge < -0.3 is 21.5 Å². The van der Waals surface area contributed by atoms with Gasteiger partial charge in [-0.15, -0.1) is 0 Å². The van der Waals surface area contributed by atoms with E-state index in [0.29, 0.717) is 5.56 Å². The van der Waals surface area contributed by atoms with Gasteiger partial charge >= 0.3 is 12.1 Å². The van der Waals surface area contributed by atoms with E-state index in [4.69, 9.17) is 16.2 Å². The number of hydrogen-bond acceptors (Lipinski definition) is 6. The minimum absolute atomic E-state index is 0.0430. The summed E-state index contributed by atoms with van der Waals surface area (Å²) in [7, 11) is 0. The normalized spacial score (nSPS) is 13.8. The van der Waals surface area contributed by atoms with Crippen molar-refractivity contribution in [1.82, 2.24) is 20.3 Å². The molecule has 5 N–H and O–H groups in total. The Morgan fingerprint density at radius 3 is 2.44 bits per heavy atom. The van der Waals surface area contributed by atoms with E-state index in [1.807, 2.05) is 0 Å². The van der Waals surface area contributed by atoms with Gasteiger partial charge in [0, 0.05) is 18.0 Å². The van der Waals surface area contributed by atoms with Crippen molar-refractivity contribution >= 4 is 23.7 Å². The summed E-state index contributed by atoms with van der Waals surface area (Å²) in [5, 5.41) is 2.65. The number of aromatic nitrogens is 3. The molecule has 0 fully saturated rings. The van der Waals surface area contributed by atoms with Crippen LogP contribution in [-0.2, 0) is 0 Å². The van der Waals surface area contributed by atoms with Crippen molar-refractivity contribution in [2.45, 2.75) is 38.9 Å². The highest BCUT2D eigenvalue weighted by Gasteiger charge is 2.34. The first-order chi connectivity index (χ1) is 16.6. The number of carbonyl (C=O) groups is 1. The zero-order valence-electron chi connectivity index (χ0n) is 19.4. The fourth-order valence-corrected chi connectivity index (χ4v) is 2.41. The van der Waals surface area contributed by atoms with E-state index in [1.54, 1.807) is 6.92 Å². The Balaban J connectivity index is 2.11. The minimum atomic E-state index is -4.90. The molecule has 0 aromatic carbocycles. The van der Waals surface area contributed by atoms with E-state index in [2.05, 4.69) is 36.8 Å². The van der Waals surface area contributed by atoms with E-state index < -0.39 is 48.4 Å². The molecular weight excluding hydrogens is 491 g/mol. The highest BCUT2D eigenvalue weighted by molar-refractivity contribution is 5.98. The Labute approximate surface area is 202 Å². The number of carbonyl (C=O) groups excluding carboxylic acids is 1. The number of ether oxygens (including phenoxy) is 1. The van der Waals surface area contributed by atoms with Crippen molar-refractivity contribution in [3.05, 3.63) is 53.5 Å². The van der Waals surface area contributed by atoms with E-state index in [9.17, 15) is 26.7 Å². The molecule has 36 heavy (non-hydrogen) atoms. The Kier molecular flexibility index (Phi) is 8.61. The number of nitrogens with zero attached hydrogens (tertiary/aromatic N) is 5. The molecule has 1 amide bonds. The molecule has 0 aliphatic carbocycles. The molecule has 2 rings (SSSR count). The molecule has 2 aromatic heterocycles. The third-order valence-corrected chi connectivity index (χ3v) is 4.45. The monoisotopic (exact) mass is 514 g/mol. The van der Waals surface area contributed by atoms with Crippen LogP contribution in [0.15, 0.2) is 46.5 Å². The van der Waals surface area contributed by atoms with Gasteiger partial charge in [0.1, 0.15) is 5.69 Å². The lowest BCUT2D eigenvalue weighted by Crippen LogP contribution is -2.33. The highest BCUT2D eigenvalue weighted by atomic mass is 19.4. The Morgan fingerprint density at radius 1 is 1.22 bits per heavy atom. The third kappa shape index (κ3) is 7.95. The summed E-state index contributed by atoms with van der Waals surface area (Å²) in [5.74, 6) is -6.88. The molecule has 10 nitrogen and oxygen atoms in total. The van der Waals surface area contributed by atoms with Gasteiger partial charge in [0.05, 0.1) is 6.04 Å². The second kappa shape index (κ2) is 11.0. The van der Waals surface area contributed by atoms with Crippen molar-refractivity contribution in [2.75, 3.05) is 6.61 Å². The second-order valence-corrected chi connectivity index (χ2v) is 7.56. The van der Waals surface area contributed by atoms with Gasteiger partial charge in [0.15, 0.2) is 6.61 Å². The number of halogens is 5. The minimum Gasteiger partial charge on any atom is -0.471 e. The zero-order valence-corrected chi connectivity index (χ0v) is 19.4. The van der Waals surface area contributed by atoms with Crippen LogP contribution in [0, 0.1) is 6.92 Å². The maximum Gasteiger partial charge on any atom is 0.449 e. The first kappa shape index (κ1) is 28.1. The van der Waals surface area contributed by atoms with Crippen LogP contribution in [0.25, 0.3) is 0 Å². The summed E-state index contributed by atoms with van der Waals surface area (Å²) in [6, 6.07) is 3.61. The molecule has 2 aromatic rings. The van der Waals surface area contributed by atoms with Gasteiger partial charge in [-0.2, -0.15) is 31.9 Å². The molecule has 0 saturated heterocycles. The van der Waals surface area contributed by atoms with Crippen LogP contribution in [0.3, 0.4) is 0 Å². The average molecular weight is 514 g/mol. The molecule has 2 heterocycles. The van der Waals surface area contributed by atoms with Gasteiger partial charge in [-0.25, -0.2) is 15.0 Å². The summed E-state index contributed by atoms with van der Waals surface area (Å²) >= 11 is 0.